The third-order valence-electron chi connectivity index (χ3n) is 3.26. The third-order valence-corrected chi connectivity index (χ3v) is 3.26. The minimum Gasteiger partial charge on any atom is -0.493 e. The topological polar surface area (TPSA) is 27.7 Å². The molecule has 22 heavy (non-hydrogen) atoms. The van der Waals surface area contributed by atoms with Crippen molar-refractivity contribution in [2.24, 2.45) is 0 Å². The van der Waals surface area contributed by atoms with Gasteiger partial charge in [-0.3, -0.25) is 0 Å². The zero-order chi connectivity index (χ0) is 15.9. The van der Waals surface area contributed by atoms with Crippen LogP contribution in [0.1, 0.15) is 16.7 Å². The largest absolute Gasteiger partial charge is 0.493 e. The lowest BCUT2D eigenvalue weighted by Crippen LogP contribution is -1.95. The molecule has 0 saturated carbocycles. The van der Waals surface area contributed by atoms with Crippen LogP contribution in [0.5, 0.6) is 17.2 Å². The van der Waals surface area contributed by atoms with Gasteiger partial charge in [0.25, 0.3) is 0 Å². The van der Waals surface area contributed by atoms with Gasteiger partial charge in [-0.1, -0.05) is 29.8 Å². The van der Waals surface area contributed by atoms with Gasteiger partial charge < -0.3 is 14.2 Å². The molecule has 0 saturated heterocycles. The first-order valence-corrected chi connectivity index (χ1v) is 6.97. The molecule has 0 N–H and O–H groups in total. The fraction of sp³-hybridized carbons (Fsp3) is 0.211. The van der Waals surface area contributed by atoms with Gasteiger partial charge in [0.1, 0.15) is 0 Å². The monoisotopic (exact) mass is 296 g/mol. The van der Waals surface area contributed by atoms with E-state index in [1.807, 2.05) is 24.3 Å². The fourth-order valence-corrected chi connectivity index (χ4v) is 2.08. The van der Waals surface area contributed by atoms with E-state index in [4.69, 9.17) is 14.2 Å². The SMILES string of the molecule is COc1cc(C=C=Cc2ccc(C)cc2)cc(OC)c1OC. The van der Waals surface area contributed by atoms with E-state index < -0.39 is 0 Å². The maximum absolute atomic E-state index is 5.33. The van der Waals surface area contributed by atoms with Crippen molar-refractivity contribution in [2.75, 3.05) is 21.3 Å². The standard InChI is InChI=1S/C19H20O3/c1-14-8-10-15(11-9-14)6-5-7-16-12-17(20-2)19(22-4)18(13-16)21-3/h6-13H,1-4H3. The van der Waals surface area contributed by atoms with Gasteiger partial charge >= 0.3 is 0 Å². The van der Waals surface area contributed by atoms with Gasteiger partial charge in [0.05, 0.1) is 21.3 Å². The molecule has 0 radical (unpaired) electrons. The van der Waals surface area contributed by atoms with Crippen LogP contribution in [-0.4, -0.2) is 21.3 Å². The molecule has 3 heteroatoms. The molecule has 0 aliphatic carbocycles. The molecule has 0 amide bonds. The van der Waals surface area contributed by atoms with Crippen LogP contribution in [-0.2, 0) is 0 Å². The highest BCUT2D eigenvalue weighted by Crippen LogP contribution is 2.38. The van der Waals surface area contributed by atoms with Gasteiger partial charge in [-0.25, -0.2) is 0 Å². The zero-order valence-electron chi connectivity index (χ0n) is 13.3. The number of hydrogen-bond acceptors (Lipinski definition) is 3. The minimum absolute atomic E-state index is 0.588. The third kappa shape index (κ3) is 3.72. The molecule has 0 aromatic heterocycles. The Morgan fingerprint density at radius 3 is 1.82 bits per heavy atom. The van der Waals surface area contributed by atoms with Crippen molar-refractivity contribution in [2.45, 2.75) is 6.92 Å². The molecule has 3 nitrogen and oxygen atoms in total. The second kappa shape index (κ2) is 7.39. The summed E-state index contributed by atoms with van der Waals surface area (Å²) >= 11 is 0. The maximum atomic E-state index is 5.33. The Morgan fingerprint density at radius 2 is 1.32 bits per heavy atom. The summed E-state index contributed by atoms with van der Waals surface area (Å²) in [5, 5.41) is 0. The summed E-state index contributed by atoms with van der Waals surface area (Å²) in [6.07, 6.45) is 3.81. The molecule has 0 fully saturated rings. The molecule has 2 rings (SSSR count). The number of rotatable bonds is 5. The lowest BCUT2D eigenvalue weighted by molar-refractivity contribution is 0.324. The van der Waals surface area contributed by atoms with Crippen LogP contribution in [0.25, 0.3) is 12.2 Å². The first-order chi connectivity index (χ1) is 10.7. The predicted molar refractivity (Wildman–Crippen MR) is 89.7 cm³/mol. The smallest absolute Gasteiger partial charge is 0.203 e. The van der Waals surface area contributed by atoms with Crippen molar-refractivity contribution < 1.29 is 14.2 Å². The number of aryl methyl sites for hydroxylation is 1. The van der Waals surface area contributed by atoms with E-state index in [0.29, 0.717) is 17.2 Å². The van der Waals surface area contributed by atoms with E-state index in [0.717, 1.165) is 11.1 Å². The van der Waals surface area contributed by atoms with Crippen molar-refractivity contribution in [3.8, 4) is 17.2 Å². The van der Waals surface area contributed by atoms with E-state index in [1.165, 1.54) is 5.56 Å². The van der Waals surface area contributed by atoms with Crippen LogP contribution in [0.15, 0.2) is 42.1 Å². The van der Waals surface area contributed by atoms with E-state index >= 15 is 0 Å². The predicted octanol–water partition coefficient (Wildman–Crippen LogP) is 4.35. The van der Waals surface area contributed by atoms with Gasteiger partial charge in [0.15, 0.2) is 11.5 Å². The molecule has 2 aromatic rings. The molecule has 0 bridgehead atoms. The second-order valence-corrected chi connectivity index (χ2v) is 4.82. The average molecular weight is 296 g/mol. The Bertz CT molecular complexity index is 668. The highest BCUT2D eigenvalue weighted by molar-refractivity contribution is 5.64. The van der Waals surface area contributed by atoms with Gasteiger partial charge in [-0.2, -0.15) is 0 Å². The van der Waals surface area contributed by atoms with Crippen LogP contribution >= 0.6 is 0 Å². The lowest BCUT2D eigenvalue weighted by Gasteiger charge is -2.12. The van der Waals surface area contributed by atoms with Crippen molar-refractivity contribution in [3.63, 3.8) is 0 Å². The molecule has 0 spiro atoms. The van der Waals surface area contributed by atoms with E-state index in [-0.39, 0.29) is 0 Å². The first-order valence-electron chi connectivity index (χ1n) is 6.97. The second-order valence-electron chi connectivity index (χ2n) is 4.82. The Morgan fingerprint density at radius 1 is 0.773 bits per heavy atom. The summed E-state index contributed by atoms with van der Waals surface area (Å²) in [6, 6.07) is 12.0. The van der Waals surface area contributed by atoms with Crippen LogP contribution in [0.2, 0.25) is 0 Å². The van der Waals surface area contributed by atoms with E-state index in [9.17, 15) is 0 Å². The number of hydrogen-bond donors (Lipinski definition) is 0. The lowest BCUT2D eigenvalue weighted by atomic mass is 10.1. The normalized spacial score (nSPS) is 9.64. The number of benzene rings is 2. The molecular formula is C19H20O3. The molecule has 2 aromatic carbocycles. The summed E-state index contributed by atoms with van der Waals surface area (Å²) < 4.78 is 16.0. The Balaban J connectivity index is 2.32. The van der Waals surface area contributed by atoms with Gasteiger partial charge in [0.2, 0.25) is 5.75 Å². The summed E-state index contributed by atoms with van der Waals surface area (Å²) in [5.41, 5.74) is 6.45. The maximum Gasteiger partial charge on any atom is 0.203 e. The van der Waals surface area contributed by atoms with Crippen LogP contribution in [0.4, 0.5) is 0 Å². The fourth-order valence-electron chi connectivity index (χ4n) is 2.08. The van der Waals surface area contributed by atoms with Crippen LogP contribution in [0, 0.1) is 6.92 Å². The molecule has 0 unspecified atom stereocenters. The highest BCUT2D eigenvalue weighted by atomic mass is 16.5. The zero-order valence-corrected chi connectivity index (χ0v) is 13.3. The molecule has 0 atom stereocenters. The summed E-state index contributed by atoms with van der Waals surface area (Å²) in [4.78, 5) is 0. The van der Waals surface area contributed by atoms with Crippen molar-refractivity contribution in [1.29, 1.82) is 0 Å². The van der Waals surface area contributed by atoms with E-state index in [2.05, 4.69) is 36.9 Å². The van der Waals surface area contributed by atoms with Crippen molar-refractivity contribution in [1.82, 2.24) is 0 Å². The van der Waals surface area contributed by atoms with Crippen molar-refractivity contribution in [3.05, 3.63) is 58.8 Å². The van der Waals surface area contributed by atoms with E-state index in [1.54, 1.807) is 21.3 Å². The van der Waals surface area contributed by atoms with Gasteiger partial charge in [-0.05, 0) is 42.3 Å². The number of methoxy groups -OCH3 is 3. The molecule has 0 aliphatic rings. The quantitative estimate of drug-likeness (QED) is 0.768. The average Bonchev–Trinajstić information content (AvgIpc) is 2.55. The summed E-state index contributed by atoms with van der Waals surface area (Å²) in [5.74, 6) is 1.85. The highest BCUT2D eigenvalue weighted by Gasteiger charge is 2.11. The van der Waals surface area contributed by atoms with Crippen LogP contribution < -0.4 is 14.2 Å². The minimum atomic E-state index is 0.588. The number of ether oxygens (including phenoxy) is 3. The van der Waals surface area contributed by atoms with Gasteiger partial charge in [0, 0.05) is 0 Å². The molecule has 0 aliphatic heterocycles. The Labute approximate surface area is 131 Å². The summed E-state index contributed by atoms with van der Waals surface area (Å²) in [6.45, 7) is 2.07. The molecule has 114 valence electrons. The first kappa shape index (κ1) is 15.7. The Hall–Kier alpha value is -2.64. The molecular weight excluding hydrogens is 276 g/mol. The van der Waals surface area contributed by atoms with Crippen LogP contribution in [0.3, 0.4) is 0 Å². The Kier molecular flexibility index (Phi) is 5.29. The molecule has 0 heterocycles. The summed E-state index contributed by atoms with van der Waals surface area (Å²) in [7, 11) is 4.80. The van der Waals surface area contributed by atoms with Crippen molar-refractivity contribution >= 4 is 12.2 Å². The van der Waals surface area contributed by atoms with Gasteiger partial charge in [-0.15, -0.1) is 5.73 Å².